The van der Waals surface area contributed by atoms with Gasteiger partial charge >= 0.3 is 0 Å². The van der Waals surface area contributed by atoms with Crippen LogP contribution in [0.4, 0.5) is 4.39 Å². The number of hydrogen-bond donors (Lipinski definition) is 1. The summed E-state index contributed by atoms with van der Waals surface area (Å²) in [6, 6.07) is 4.86. The molecule has 16 heavy (non-hydrogen) atoms. The minimum Gasteiger partial charge on any atom is -0.313 e. The van der Waals surface area contributed by atoms with Gasteiger partial charge in [0.15, 0.2) is 0 Å². The van der Waals surface area contributed by atoms with Crippen LogP contribution in [0, 0.1) is 18.7 Å². The van der Waals surface area contributed by atoms with Crippen LogP contribution in [0.25, 0.3) is 6.08 Å². The van der Waals surface area contributed by atoms with Gasteiger partial charge in [0, 0.05) is 6.54 Å². The highest BCUT2D eigenvalue weighted by molar-refractivity contribution is 5.53. The van der Waals surface area contributed by atoms with E-state index in [0.29, 0.717) is 5.92 Å². The van der Waals surface area contributed by atoms with Crippen LogP contribution in [0.2, 0.25) is 0 Å². The first kappa shape index (κ1) is 12.9. The maximum Gasteiger partial charge on any atom is 0.123 e. The summed E-state index contributed by atoms with van der Waals surface area (Å²) in [4.78, 5) is 0. The van der Waals surface area contributed by atoms with E-state index in [-0.39, 0.29) is 5.82 Å². The molecule has 0 heterocycles. The third-order valence-electron chi connectivity index (χ3n) is 2.35. The fourth-order valence-corrected chi connectivity index (χ4v) is 1.43. The summed E-state index contributed by atoms with van der Waals surface area (Å²) in [6.07, 6.45) is 4.00. The number of halogens is 1. The van der Waals surface area contributed by atoms with Gasteiger partial charge in [0.05, 0.1) is 0 Å². The van der Waals surface area contributed by atoms with E-state index in [1.165, 1.54) is 6.07 Å². The Labute approximate surface area is 97.4 Å². The highest BCUT2D eigenvalue weighted by Crippen LogP contribution is 2.11. The molecule has 0 aliphatic carbocycles. The van der Waals surface area contributed by atoms with Gasteiger partial charge in [-0.25, -0.2) is 4.39 Å². The van der Waals surface area contributed by atoms with E-state index >= 15 is 0 Å². The van der Waals surface area contributed by atoms with Crippen molar-refractivity contribution in [3.05, 3.63) is 41.2 Å². The SMILES string of the molecule is Cc1ccc(F)cc1/C=C/CNCC(C)C. The average molecular weight is 221 g/mol. The molecule has 0 fully saturated rings. The van der Waals surface area contributed by atoms with E-state index in [2.05, 4.69) is 19.2 Å². The molecule has 0 saturated carbocycles. The molecule has 1 rings (SSSR count). The minimum atomic E-state index is -0.180. The maximum atomic E-state index is 13.0. The smallest absolute Gasteiger partial charge is 0.123 e. The minimum absolute atomic E-state index is 0.180. The van der Waals surface area contributed by atoms with Crippen molar-refractivity contribution in [2.24, 2.45) is 5.92 Å². The van der Waals surface area contributed by atoms with Gasteiger partial charge in [-0.2, -0.15) is 0 Å². The first-order chi connectivity index (χ1) is 7.59. The Hall–Kier alpha value is -1.15. The predicted octanol–water partition coefficient (Wildman–Crippen LogP) is 3.39. The molecule has 0 unspecified atom stereocenters. The number of hydrogen-bond acceptors (Lipinski definition) is 1. The van der Waals surface area contributed by atoms with Crippen molar-refractivity contribution >= 4 is 6.08 Å². The molecule has 1 aromatic carbocycles. The van der Waals surface area contributed by atoms with E-state index in [9.17, 15) is 4.39 Å². The van der Waals surface area contributed by atoms with Crippen LogP contribution in [0.15, 0.2) is 24.3 Å². The predicted molar refractivity (Wildman–Crippen MR) is 67.9 cm³/mol. The van der Waals surface area contributed by atoms with Crippen molar-refractivity contribution in [2.75, 3.05) is 13.1 Å². The average Bonchev–Trinajstić information content (AvgIpc) is 2.22. The standard InChI is InChI=1S/C14H20FN/c1-11(2)10-16-8-4-5-13-9-14(15)7-6-12(13)3/h4-7,9,11,16H,8,10H2,1-3H3/b5-4+. The molecule has 88 valence electrons. The first-order valence-electron chi connectivity index (χ1n) is 5.73. The largest absolute Gasteiger partial charge is 0.313 e. The zero-order valence-corrected chi connectivity index (χ0v) is 10.3. The lowest BCUT2D eigenvalue weighted by Gasteiger charge is -2.04. The van der Waals surface area contributed by atoms with Gasteiger partial charge < -0.3 is 5.32 Å². The lowest BCUT2D eigenvalue weighted by molar-refractivity contribution is 0.577. The van der Waals surface area contributed by atoms with E-state index in [1.54, 1.807) is 12.1 Å². The van der Waals surface area contributed by atoms with E-state index in [1.807, 2.05) is 19.1 Å². The van der Waals surface area contributed by atoms with Crippen molar-refractivity contribution in [2.45, 2.75) is 20.8 Å². The van der Waals surface area contributed by atoms with Crippen LogP contribution in [0.5, 0.6) is 0 Å². The van der Waals surface area contributed by atoms with Gasteiger partial charge in [-0.15, -0.1) is 0 Å². The molecule has 0 bridgehead atoms. The zero-order chi connectivity index (χ0) is 12.0. The van der Waals surface area contributed by atoms with Crippen LogP contribution < -0.4 is 5.32 Å². The molecule has 1 aromatic rings. The zero-order valence-electron chi connectivity index (χ0n) is 10.3. The lowest BCUT2D eigenvalue weighted by Crippen LogP contribution is -2.19. The van der Waals surface area contributed by atoms with Gasteiger partial charge in [-0.05, 0) is 42.6 Å². The summed E-state index contributed by atoms with van der Waals surface area (Å²) in [6.45, 7) is 8.17. The molecule has 2 heteroatoms. The third kappa shape index (κ3) is 4.58. The Morgan fingerprint density at radius 1 is 1.38 bits per heavy atom. The molecule has 1 nitrogen and oxygen atoms in total. The maximum absolute atomic E-state index is 13.0. The van der Waals surface area contributed by atoms with Gasteiger partial charge in [-0.3, -0.25) is 0 Å². The van der Waals surface area contributed by atoms with Gasteiger partial charge in [0.25, 0.3) is 0 Å². The summed E-state index contributed by atoms with van der Waals surface area (Å²) < 4.78 is 13.0. The Kier molecular flexibility index (Phi) is 5.20. The summed E-state index contributed by atoms with van der Waals surface area (Å²) >= 11 is 0. The molecule has 0 amide bonds. The monoisotopic (exact) mass is 221 g/mol. The molecule has 0 aliphatic heterocycles. The molecular weight excluding hydrogens is 201 g/mol. The topological polar surface area (TPSA) is 12.0 Å². The second-order valence-electron chi connectivity index (χ2n) is 4.46. The van der Waals surface area contributed by atoms with Crippen LogP contribution in [0.3, 0.4) is 0 Å². The normalized spacial score (nSPS) is 11.6. The van der Waals surface area contributed by atoms with Crippen molar-refractivity contribution in [1.29, 1.82) is 0 Å². The van der Waals surface area contributed by atoms with Crippen LogP contribution in [-0.2, 0) is 0 Å². The molecule has 0 aromatic heterocycles. The second-order valence-corrected chi connectivity index (χ2v) is 4.46. The Balaban J connectivity index is 2.46. The highest BCUT2D eigenvalue weighted by atomic mass is 19.1. The summed E-state index contributed by atoms with van der Waals surface area (Å²) in [5, 5.41) is 3.31. The van der Waals surface area contributed by atoms with Crippen molar-refractivity contribution in [3.63, 3.8) is 0 Å². The fourth-order valence-electron chi connectivity index (χ4n) is 1.43. The van der Waals surface area contributed by atoms with Crippen LogP contribution in [0.1, 0.15) is 25.0 Å². The molecule has 0 saturated heterocycles. The fraction of sp³-hybridized carbons (Fsp3) is 0.429. The Bertz CT molecular complexity index is 356. The molecule has 0 aliphatic rings. The summed E-state index contributed by atoms with van der Waals surface area (Å²) in [5.41, 5.74) is 2.05. The quantitative estimate of drug-likeness (QED) is 0.751. The lowest BCUT2D eigenvalue weighted by atomic mass is 10.1. The summed E-state index contributed by atoms with van der Waals surface area (Å²) in [5.74, 6) is 0.477. The number of rotatable bonds is 5. The van der Waals surface area contributed by atoms with E-state index in [4.69, 9.17) is 0 Å². The van der Waals surface area contributed by atoms with Crippen molar-refractivity contribution < 1.29 is 4.39 Å². The third-order valence-corrected chi connectivity index (χ3v) is 2.35. The van der Waals surface area contributed by atoms with Crippen molar-refractivity contribution in [1.82, 2.24) is 5.32 Å². The first-order valence-corrected chi connectivity index (χ1v) is 5.73. The molecule has 0 atom stereocenters. The van der Waals surface area contributed by atoms with E-state index in [0.717, 1.165) is 24.2 Å². The molecule has 0 radical (unpaired) electrons. The van der Waals surface area contributed by atoms with Gasteiger partial charge in [0.1, 0.15) is 5.82 Å². The van der Waals surface area contributed by atoms with E-state index < -0.39 is 0 Å². The number of benzene rings is 1. The van der Waals surface area contributed by atoms with Crippen molar-refractivity contribution in [3.8, 4) is 0 Å². The summed E-state index contributed by atoms with van der Waals surface area (Å²) in [7, 11) is 0. The second kappa shape index (κ2) is 6.44. The molecule has 1 N–H and O–H groups in total. The Morgan fingerprint density at radius 2 is 2.12 bits per heavy atom. The molecular formula is C14H20FN. The van der Waals surface area contributed by atoms with Crippen LogP contribution >= 0.6 is 0 Å². The van der Waals surface area contributed by atoms with Crippen LogP contribution in [-0.4, -0.2) is 13.1 Å². The van der Waals surface area contributed by atoms with Gasteiger partial charge in [0.2, 0.25) is 0 Å². The highest BCUT2D eigenvalue weighted by Gasteiger charge is 1.96. The number of nitrogens with one attached hydrogen (secondary N) is 1. The van der Waals surface area contributed by atoms with Gasteiger partial charge in [-0.1, -0.05) is 32.1 Å². The molecule has 0 spiro atoms. The number of aryl methyl sites for hydroxylation is 1. The Morgan fingerprint density at radius 3 is 2.81 bits per heavy atom.